The van der Waals surface area contributed by atoms with Crippen molar-refractivity contribution in [3.63, 3.8) is 0 Å². The van der Waals surface area contributed by atoms with E-state index in [9.17, 15) is 14.0 Å². The number of carbonyl (C=O) groups excluding carboxylic acids is 1. The summed E-state index contributed by atoms with van der Waals surface area (Å²) < 4.78 is 32.4. The lowest BCUT2D eigenvalue weighted by Crippen LogP contribution is -2.21. The van der Waals surface area contributed by atoms with E-state index in [-0.39, 0.29) is 18.0 Å². The van der Waals surface area contributed by atoms with Gasteiger partial charge < -0.3 is 19.2 Å². The van der Waals surface area contributed by atoms with Gasteiger partial charge in [-0.05, 0) is 79.6 Å². The third-order valence-electron chi connectivity index (χ3n) is 7.02. The highest BCUT2D eigenvalue weighted by Gasteiger charge is 2.18. The average molecular weight is 617 g/mol. The third kappa shape index (κ3) is 6.41. The molecule has 0 aliphatic rings. The molecule has 0 aliphatic carbocycles. The van der Waals surface area contributed by atoms with Gasteiger partial charge in [0, 0.05) is 16.6 Å². The molecular weight excluding hydrogens is 587 g/mol. The number of anilines is 1. The van der Waals surface area contributed by atoms with Gasteiger partial charge in [0.2, 0.25) is 5.82 Å². The van der Waals surface area contributed by atoms with Gasteiger partial charge in [-0.3, -0.25) is 9.59 Å². The first-order valence-corrected chi connectivity index (χ1v) is 14.6. The van der Waals surface area contributed by atoms with Crippen LogP contribution in [0.15, 0.2) is 118 Å². The van der Waals surface area contributed by atoms with Crippen LogP contribution in [-0.4, -0.2) is 35.0 Å². The molecule has 0 aliphatic heterocycles. The van der Waals surface area contributed by atoms with Crippen molar-refractivity contribution in [2.45, 2.75) is 13.3 Å². The molecule has 0 radical (unpaired) electrons. The second-order valence-corrected chi connectivity index (χ2v) is 10.2. The molecule has 0 spiro atoms. The Labute approximate surface area is 263 Å². The number of halogens is 1. The molecule has 0 bridgehead atoms. The number of nitrogens with one attached hydrogen (secondary N) is 1. The van der Waals surface area contributed by atoms with Gasteiger partial charge in [-0.15, -0.1) is 6.58 Å². The molecule has 10 heteroatoms. The number of furan rings is 1. The Bertz CT molecular complexity index is 2120. The number of ether oxygens (including phenoxy) is 2. The first-order chi connectivity index (χ1) is 22.4. The number of carbonyl (C=O) groups is 1. The van der Waals surface area contributed by atoms with Crippen molar-refractivity contribution in [3.8, 4) is 23.1 Å². The van der Waals surface area contributed by atoms with Gasteiger partial charge in [0.15, 0.2) is 23.9 Å². The smallest absolute Gasteiger partial charge is 0.282 e. The largest absolute Gasteiger partial charge is 0.490 e. The Hall–Kier alpha value is -6.03. The second-order valence-electron chi connectivity index (χ2n) is 10.2. The number of aromatic nitrogens is 2. The molecule has 0 saturated carbocycles. The lowest BCUT2D eigenvalue weighted by atomic mass is 10.1. The SMILES string of the molecule is C=CCc1cc(C=Nn2c(-c3cc4ccccc4o3)nc3ccccc3c2=O)cc(OCC)c1OCC(=O)Nc1ccc(F)cc1. The van der Waals surface area contributed by atoms with Crippen LogP contribution in [0.2, 0.25) is 0 Å². The molecule has 6 aromatic rings. The summed E-state index contributed by atoms with van der Waals surface area (Å²) >= 11 is 0. The summed E-state index contributed by atoms with van der Waals surface area (Å²) in [5, 5.41) is 8.53. The summed E-state index contributed by atoms with van der Waals surface area (Å²) in [4.78, 5) is 31.0. The molecule has 1 N–H and O–H groups in total. The summed E-state index contributed by atoms with van der Waals surface area (Å²) in [5.74, 6) is 0.581. The molecule has 6 rings (SSSR count). The third-order valence-corrected chi connectivity index (χ3v) is 7.02. The number of fused-ring (bicyclic) bond motifs is 2. The Morgan fingerprint density at radius 3 is 2.61 bits per heavy atom. The monoisotopic (exact) mass is 616 g/mol. The Kier molecular flexibility index (Phi) is 8.69. The van der Waals surface area contributed by atoms with E-state index < -0.39 is 11.7 Å². The molecule has 0 fully saturated rings. The van der Waals surface area contributed by atoms with Crippen LogP contribution >= 0.6 is 0 Å². The average Bonchev–Trinajstić information content (AvgIpc) is 3.50. The minimum atomic E-state index is -0.425. The van der Waals surface area contributed by atoms with Crippen molar-refractivity contribution in [2.24, 2.45) is 5.10 Å². The van der Waals surface area contributed by atoms with Gasteiger partial charge in [-0.2, -0.15) is 9.78 Å². The molecule has 4 aromatic carbocycles. The number of rotatable bonds is 11. The zero-order valence-electron chi connectivity index (χ0n) is 24.9. The standard InChI is InChI=1S/C36H29FN4O5/c1-3-9-25-18-23(19-31(44-4-2)34(25)45-22-33(42)39-27-16-14-26(37)15-17-27)21-38-41-35(32-20-24-10-5-8-13-30(24)46-32)40-29-12-7-6-11-28(29)36(41)43/h3,5-8,10-21H,1,4,9,22H2,2H3,(H,39,42). The van der Waals surface area contributed by atoms with Crippen molar-refractivity contribution in [1.82, 2.24) is 9.66 Å². The zero-order chi connectivity index (χ0) is 32.0. The molecule has 0 saturated heterocycles. The highest BCUT2D eigenvalue weighted by Crippen LogP contribution is 2.34. The van der Waals surface area contributed by atoms with Gasteiger partial charge in [-0.25, -0.2) is 9.37 Å². The van der Waals surface area contributed by atoms with E-state index in [2.05, 4.69) is 17.0 Å². The molecule has 46 heavy (non-hydrogen) atoms. The van der Waals surface area contributed by atoms with Crippen LogP contribution in [0.3, 0.4) is 0 Å². The van der Waals surface area contributed by atoms with Gasteiger partial charge in [-0.1, -0.05) is 36.4 Å². The van der Waals surface area contributed by atoms with Crippen LogP contribution < -0.4 is 20.3 Å². The number of amides is 1. The molecule has 0 unspecified atom stereocenters. The Balaban J connectivity index is 1.36. The highest BCUT2D eigenvalue weighted by atomic mass is 19.1. The van der Waals surface area contributed by atoms with E-state index in [1.165, 1.54) is 35.2 Å². The maximum Gasteiger partial charge on any atom is 0.282 e. The van der Waals surface area contributed by atoms with Crippen molar-refractivity contribution in [1.29, 1.82) is 0 Å². The van der Waals surface area contributed by atoms with Gasteiger partial charge in [0.25, 0.3) is 11.5 Å². The maximum absolute atomic E-state index is 13.7. The topological polar surface area (TPSA) is 108 Å². The fourth-order valence-electron chi connectivity index (χ4n) is 4.97. The van der Waals surface area contributed by atoms with E-state index in [0.29, 0.717) is 63.6 Å². The second kappa shape index (κ2) is 13.3. The van der Waals surface area contributed by atoms with Crippen molar-refractivity contribution in [2.75, 3.05) is 18.5 Å². The lowest BCUT2D eigenvalue weighted by Gasteiger charge is -2.16. The van der Waals surface area contributed by atoms with Crippen LogP contribution in [0, 0.1) is 5.82 Å². The Morgan fingerprint density at radius 1 is 1.04 bits per heavy atom. The van der Waals surface area contributed by atoms with Crippen LogP contribution in [0.4, 0.5) is 10.1 Å². The number of para-hydroxylation sites is 2. The van der Waals surface area contributed by atoms with Crippen molar-refractivity contribution < 1.29 is 23.1 Å². The molecule has 1 amide bonds. The predicted octanol–water partition coefficient (Wildman–Crippen LogP) is 6.98. The van der Waals surface area contributed by atoms with Crippen LogP contribution in [0.1, 0.15) is 18.1 Å². The van der Waals surface area contributed by atoms with Crippen molar-refractivity contribution >= 4 is 39.7 Å². The zero-order valence-corrected chi connectivity index (χ0v) is 24.9. The number of benzene rings is 4. The number of nitrogens with zero attached hydrogens (tertiary/aromatic N) is 3. The van der Waals surface area contributed by atoms with E-state index in [1.54, 1.807) is 30.3 Å². The fraction of sp³-hybridized carbons (Fsp3) is 0.111. The summed E-state index contributed by atoms with van der Waals surface area (Å²) in [5.41, 5.74) is 2.57. The molecule has 9 nitrogen and oxygen atoms in total. The summed E-state index contributed by atoms with van der Waals surface area (Å²) in [6, 6.07) is 25.4. The fourth-order valence-corrected chi connectivity index (χ4v) is 4.97. The summed E-state index contributed by atoms with van der Waals surface area (Å²) in [6.07, 6.45) is 3.64. The van der Waals surface area contributed by atoms with E-state index in [4.69, 9.17) is 18.9 Å². The van der Waals surface area contributed by atoms with Crippen molar-refractivity contribution in [3.05, 3.63) is 131 Å². The number of allylic oxidation sites excluding steroid dienone is 1. The summed E-state index contributed by atoms with van der Waals surface area (Å²) in [6.45, 7) is 5.70. The van der Waals surface area contributed by atoms with Crippen LogP contribution in [-0.2, 0) is 11.2 Å². The van der Waals surface area contributed by atoms with Crippen LogP contribution in [0.5, 0.6) is 11.5 Å². The minimum absolute atomic E-state index is 0.250. The maximum atomic E-state index is 13.7. The van der Waals surface area contributed by atoms with Gasteiger partial charge in [0.1, 0.15) is 11.4 Å². The van der Waals surface area contributed by atoms with E-state index in [1.807, 2.05) is 49.4 Å². The molecule has 2 heterocycles. The lowest BCUT2D eigenvalue weighted by molar-refractivity contribution is -0.118. The first kappa shape index (κ1) is 30.0. The minimum Gasteiger partial charge on any atom is -0.490 e. The Morgan fingerprint density at radius 2 is 1.83 bits per heavy atom. The van der Waals surface area contributed by atoms with Crippen LogP contribution in [0.25, 0.3) is 33.5 Å². The molecule has 230 valence electrons. The highest BCUT2D eigenvalue weighted by molar-refractivity contribution is 5.92. The summed E-state index contributed by atoms with van der Waals surface area (Å²) in [7, 11) is 0. The van der Waals surface area contributed by atoms with Gasteiger partial charge in [0.05, 0.1) is 23.7 Å². The first-order valence-electron chi connectivity index (χ1n) is 14.6. The normalized spacial score (nSPS) is 11.3. The molecule has 2 aromatic heterocycles. The molecule has 0 atom stereocenters. The van der Waals surface area contributed by atoms with E-state index >= 15 is 0 Å². The molecular formula is C36H29FN4O5. The predicted molar refractivity (Wildman–Crippen MR) is 176 cm³/mol. The van der Waals surface area contributed by atoms with E-state index in [0.717, 1.165) is 5.39 Å². The number of hydrogen-bond acceptors (Lipinski definition) is 7. The van der Waals surface area contributed by atoms with Gasteiger partial charge >= 0.3 is 0 Å². The quantitative estimate of drug-likeness (QED) is 0.124. The number of hydrogen-bond donors (Lipinski definition) is 1.